The first-order chi connectivity index (χ1) is 17.0. The zero-order valence-electron chi connectivity index (χ0n) is 20.8. The lowest BCUT2D eigenvalue weighted by Crippen LogP contribution is -2.16. The summed E-state index contributed by atoms with van der Waals surface area (Å²) in [5.74, 6) is 0.527. The van der Waals surface area contributed by atoms with Crippen molar-refractivity contribution in [3.8, 4) is 11.1 Å². The Kier molecular flexibility index (Phi) is 11.2. The highest BCUT2D eigenvalue weighted by Gasteiger charge is 2.13. The molecule has 0 amide bonds. The van der Waals surface area contributed by atoms with Crippen LogP contribution < -0.4 is 5.32 Å². The van der Waals surface area contributed by atoms with Gasteiger partial charge in [-0.25, -0.2) is 4.39 Å². The van der Waals surface area contributed by atoms with E-state index < -0.39 is 8.25 Å². The largest absolute Gasteiger partial charge is 0.694 e. The molecule has 3 rings (SSSR count). The van der Waals surface area contributed by atoms with Crippen LogP contribution in [0.25, 0.3) is 22.0 Å². The zero-order valence-corrected chi connectivity index (χ0v) is 21.7. The molecule has 0 spiro atoms. The van der Waals surface area contributed by atoms with Crippen molar-refractivity contribution in [3.63, 3.8) is 0 Å². The fraction of sp³-hybridized carbons (Fsp3) is 0.464. The van der Waals surface area contributed by atoms with Crippen LogP contribution >= 0.6 is 8.25 Å². The molecule has 0 radical (unpaired) electrons. The first kappa shape index (κ1) is 27.3. The minimum atomic E-state index is -2.54. The number of unbranched alkanes of at least 4 members (excludes halogenated alkanes) is 1. The topological polar surface area (TPSA) is 71.5 Å². The second kappa shape index (κ2) is 14.4. The number of hydrogen-bond acceptors (Lipinski definition) is 4. The maximum absolute atomic E-state index is 15.1. The Labute approximate surface area is 209 Å². The maximum Gasteiger partial charge on any atom is 0.694 e. The van der Waals surface area contributed by atoms with Gasteiger partial charge in [-0.15, -0.1) is 9.42 Å². The SMILES string of the molecule is CCCCC(CC)CCc1ccc(-c2ccc(CNCCCO[P+](=O)O)c3ncccc23)cc1F. The van der Waals surface area contributed by atoms with E-state index in [4.69, 9.17) is 4.89 Å². The molecule has 3 aromatic rings. The van der Waals surface area contributed by atoms with Gasteiger partial charge >= 0.3 is 8.25 Å². The van der Waals surface area contributed by atoms with Crippen LogP contribution in [0.3, 0.4) is 0 Å². The molecule has 2 aromatic carbocycles. The number of rotatable bonds is 15. The molecule has 2 atom stereocenters. The highest BCUT2D eigenvalue weighted by Crippen LogP contribution is 2.31. The summed E-state index contributed by atoms with van der Waals surface area (Å²) in [7, 11) is -2.54. The van der Waals surface area contributed by atoms with Crippen molar-refractivity contribution >= 4 is 19.2 Å². The number of aromatic nitrogens is 1. The van der Waals surface area contributed by atoms with Crippen molar-refractivity contribution in [1.82, 2.24) is 10.3 Å². The predicted molar refractivity (Wildman–Crippen MR) is 141 cm³/mol. The molecular weight excluding hydrogens is 462 g/mol. The van der Waals surface area contributed by atoms with Gasteiger partial charge in [0, 0.05) is 22.7 Å². The number of fused-ring (bicyclic) bond motifs is 1. The summed E-state index contributed by atoms with van der Waals surface area (Å²) in [6.07, 6.45) is 9.05. The minimum absolute atomic E-state index is 0.137. The Morgan fingerprint density at radius 1 is 1.11 bits per heavy atom. The molecule has 35 heavy (non-hydrogen) atoms. The van der Waals surface area contributed by atoms with Gasteiger partial charge < -0.3 is 5.32 Å². The van der Waals surface area contributed by atoms with E-state index in [0.29, 0.717) is 25.4 Å². The summed E-state index contributed by atoms with van der Waals surface area (Å²) in [6, 6.07) is 13.6. The van der Waals surface area contributed by atoms with Gasteiger partial charge in [-0.05, 0) is 66.1 Å². The van der Waals surface area contributed by atoms with Crippen molar-refractivity contribution < 1.29 is 18.4 Å². The Hall–Kier alpha value is -2.24. The summed E-state index contributed by atoms with van der Waals surface area (Å²) in [4.78, 5) is 13.3. The van der Waals surface area contributed by atoms with Crippen LogP contribution in [-0.4, -0.2) is 23.0 Å². The van der Waals surface area contributed by atoms with E-state index >= 15 is 4.39 Å². The van der Waals surface area contributed by atoms with Gasteiger partial charge in [0.1, 0.15) is 12.4 Å². The summed E-state index contributed by atoms with van der Waals surface area (Å²) in [5, 5.41) is 4.32. The Balaban J connectivity index is 1.71. The molecule has 1 aromatic heterocycles. The molecule has 0 saturated carbocycles. The van der Waals surface area contributed by atoms with Crippen molar-refractivity contribution in [2.45, 2.75) is 65.3 Å². The van der Waals surface area contributed by atoms with Gasteiger partial charge in [0.15, 0.2) is 0 Å². The van der Waals surface area contributed by atoms with Crippen LogP contribution in [-0.2, 0) is 22.1 Å². The van der Waals surface area contributed by atoms with E-state index in [0.717, 1.165) is 52.4 Å². The number of nitrogens with zero attached hydrogens (tertiary/aromatic N) is 1. The summed E-state index contributed by atoms with van der Waals surface area (Å²) < 4.78 is 30.3. The Bertz CT molecular complexity index is 1110. The minimum Gasteiger partial charge on any atom is -0.313 e. The third kappa shape index (κ3) is 8.15. The predicted octanol–water partition coefficient (Wildman–Crippen LogP) is 7.34. The fourth-order valence-electron chi connectivity index (χ4n) is 4.51. The zero-order chi connectivity index (χ0) is 25.0. The lowest BCUT2D eigenvalue weighted by molar-refractivity contribution is 0.276. The van der Waals surface area contributed by atoms with Gasteiger partial charge in [-0.2, -0.15) is 0 Å². The van der Waals surface area contributed by atoms with Gasteiger partial charge in [0.25, 0.3) is 0 Å². The van der Waals surface area contributed by atoms with Crippen LogP contribution in [0.1, 0.15) is 63.5 Å². The molecule has 1 heterocycles. The standard InChI is InChI=1S/C28H36FN2O3P/c1-3-5-8-21(4-2)10-11-22-12-13-23(19-27(22)29)25-15-14-24(28-26(25)9-6-17-31-28)20-30-16-7-18-34-35(32)33/h6,9,12-15,17,19,21,30H,3-5,7-8,10-11,16,18,20H2,1-2H3/p+1. The van der Waals surface area contributed by atoms with Gasteiger partial charge in [-0.3, -0.25) is 4.98 Å². The molecular formula is C28H37FN2O3P+. The second-order valence-electron chi connectivity index (χ2n) is 9.03. The van der Waals surface area contributed by atoms with E-state index in [1.165, 1.54) is 19.3 Å². The number of aryl methyl sites for hydroxylation is 1. The molecule has 5 nitrogen and oxygen atoms in total. The van der Waals surface area contributed by atoms with E-state index in [1.807, 2.05) is 36.4 Å². The number of halogens is 1. The van der Waals surface area contributed by atoms with Gasteiger partial charge in [-0.1, -0.05) is 69.9 Å². The van der Waals surface area contributed by atoms with Crippen LogP contribution in [0.15, 0.2) is 48.7 Å². The molecule has 0 saturated heterocycles. The van der Waals surface area contributed by atoms with Crippen LogP contribution in [0.5, 0.6) is 0 Å². The van der Waals surface area contributed by atoms with Crippen LogP contribution in [0.2, 0.25) is 0 Å². The molecule has 0 aliphatic rings. The van der Waals surface area contributed by atoms with E-state index in [1.54, 1.807) is 12.3 Å². The van der Waals surface area contributed by atoms with Crippen LogP contribution in [0, 0.1) is 11.7 Å². The lowest BCUT2D eigenvalue weighted by Gasteiger charge is -2.15. The number of nitrogens with one attached hydrogen (secondary N) is 1. The number of pyridine rings is 1. The first-order valence-corrected chi connectivity index (χ1v) is 13.8. The second-order valence-corrected chi connectivity index (χ2v) is 9.77. The average molecular weight is 500 g/mol. The third-order valence-electron chi connectivity index (χ3n) is 6.60. The maximum atomic E-state index is 15.1. The third-order valence-corrected chi connectivity index (χ3v) is 7.00. The fourth-order valence-corrected chi connectivity index (χ4v) is 4.80. The van der Waals surface area contributed by atoms with E-state index in [-0.39, 0.29) is 12.4 Å². The van der Waals surface area contributed by atoms with Crippen LogP contribution in [0.4, 0.5) is 4.39 Å². The Morgan fingerprint density at radius 2 is 1.94 bits per heavy atom. The first-order valence-electron chi connectivity index (χ1n) is 12.7. The van der Waals surface area contributed by atoms with Gasteiger partial charge in [0.05, 0.1) is 5.52 Å². The van der Waals surface area contributed by atoms with Crippen molar-refractivity contribution in [1.29, 1.82) is 0 Å². The van der Waals surface area contributed by atoms with Crippen molar-refractivity contribution in [2.75, 3.05) is 13.2 Å². The monoisotopic (exact) mass is 499 g/mol. The molecule has 0 fully saturated rings. The normalized spacial score (nSPS) is 12.7. The number of hydrogen-bond donors (Lipinski definition) is 2. The molecule has 188 valence electrons. The van der Waals surface area contributed by atoms with E-state index in [9.17, 15) is 4.57 Å². The van der Waals surface area contributed by atoms with Crippen molar-refractivity contribution in [2.24, 2.45) is 5.92 Å². The molecule has 0 aliphatic heterocycles. The lowest BCUT2D eigenvalue weighted by atomic mass is 9.91. The van der Waals surface area contributed by atoms with Gasteiger partial charge in [0.2, 0.25) is 0 Å². The summed E-state index contributed by atoms with van der Waals surface area (Å²) in [6.45, 7) is 5.95. The van der Waals surface area contributed by atoms with E-state index in [2.05, 4.69) is 28.7 Å². The summed E-state index contributed by atoms with van der Waals surface area (Å²) in [5.41, 5.74) is 4.56. The molecule has 2 N–H and O–H groups in total. The smallest absolute Gasteiger partial charge is 0.313 e. The molecule has 0 bridgehead atoms. The highest BCUT2D eigenvalue weighted by molar-refractivity contribution is 7.32. The molecule has 7 heteroatoms. The number of benzene rings is 2. The quantitative estimate of drug-likeness (QED) is 0.169. The Morgan fingerprint density at radius 3 is 2.69 bits per heavy atom. The summed E-state index contributed by atoms with van der Waals surface area (Å²) >= 11 is 0. The van der Waals surface area contributed by atoms with Crippen molar-refractivity contribution in [3.05, 3.63) is 65.6 Å². The molecule has 2 unspecified atom stereocenters. The molecule has 0 aliphatic carbocycles. The highest BCUT2D eigenvalue weighted by atomic mass is 31.1. The average Bonchev–Trinajstić information content (AvgIpc) is 2.86.